The standard InChI is InChI=1S/C15H26NO6P/c1-4-14(19-11-13-9-7-6-8-10-13)15(5-2,12-20-16)21-22-23(3,17)18/h6-10,14H,4-5,11-12,16H2,1-3H3,(H,17,18). The summed E-state index contributed by atoms with van der Waals surface area (Å²) in [6.07, 6.45) is 0.590. The van der Waals surface area contributed by atoms with Crippen LogP contribution in [0.4, 0.5) is 0 Å². The lowest BCUT2D eigenvalue weighted by molar-refractivity contribution is -0.338. The monoisotopic (exact) mass is 347 g/mol. The summed E-state index contributed by atoms with van der Waals surface area (Å²) in [4.78, 5) is 19.3. The summed E-state index contributed by atoms with van der Waals surface area (Å²) in [6.45, 7) is 5.15. The van der Waals surface area contributed by atoms with Gasteiger partial charge in [0.25, 0.3) is 0 Å². The topological polar surface area (TPSA) is 100 Å². The minimum atomic E-state index is -3.80. The third kappa shape index (κ3) is 6.69. The van der Waals surface area contributed by atoms with Crippen LogP contribution >= 0.6 is 7.60 Å². The average Bonchev–Trinajstić information content (AvgIpc) is 2.53. The van der Waals surface area contributed by atoms with Gasteiger partial charge in [-0.1, -0.05) is 44.2 Å². The van der Waals surface area contributed by atoms with Crippen molar-refractivity contribution in [3.8, 4) is 0 Å². The fourth-order valence-electron chi connectivity index (χ4n) is 2.26. The summed E-state index contributed by atoms with van der Waals surface area (Å²) in [5.41, 5.74) is -0.0685. The highest BCUT2D eigenvalue weighted by atomic mass is 31.2. The van der Waals surface area contributed by atoms with Gasteiger partial charge in [0.05, 0.1) is 12.7 Å². The number of ether oxygens (including phenoxy) is 1. The van der Waals surface area contributed by atoms with Gasteiger partial charge in [-0.2, -0.15) is 0 Å². The second-order valence-electron chi connectivity index (χ2n) is 5.38. The molecule has 1 aromatic rings. The number of benzene rings is 1. The summed E-state index contributed by atoms with van der Waals surface area (Å²) in [6, 6.07) is 9.68. The summed E-state index contributed by atoms with van der Waals surface area (Å²) >= 11 is 0. The zero-order valence-corrected chi connectivity index (χ0v) is 14.7. The van der Waals surface area contributed by atoms with Crippen molar-refractivity contribution in [1.29, 1.82) is 0 Å². The van der Waals surface area contributed by atoms with Gasteiger partial charge in [-0.15, -0.1) is 4.67 Å². The average molecular weight is 347 g/mol. The molecular formula is C15H26NO6P. The van der Waals surface area contributed by atoms with Crippen LogP contribution in [0.1, 0.15) is 32.3 Å². The Kier molecular flexibility index (Phi) is 8.36. The molecule has 1 aromatic carbocycles. The molecule has 23 heavy (non-hydrogen) atoms. The Bertz CT molecular complexity index is 494. The van der Waals surface area contributed by atoms with Crippen LogP contribution in [0, 0.1) is 0 Å². The smallest absolute Gasteiger partial charge is 0.352 e. The molecule has 0 aromatic heterocycles. The Morgan fingerprint density at radius 3 is 2.43 bits per heavy atom. The van der Waals surface area contributed by atoms with E-state index in [4.69, 9.17) is 20.4 Å². The summed E-state index contributed by atoms with van der Waals surface area (Å²) in [5, 5.41) is 0. The molecule has 0 bridgehead atoms. The first-order valence-electron chi connectivity index (χ1n) is 7.51. The summed E-state index contributed by atoms with van der Waals surface area (Å²) in [7, 11) is -3.80. The van der Waals surface area contributed by atoms with E-state index in [0.29, 0.717) is 19.4 Å². The van der Waals surface area contributed by atoms with Gasteiger partial charge in [-0.3, -0.25) is 4.57 Å². The van der Waals surface area contributed by atoms with Gasteiger partial charge in [-0.05, 0) is 18.4 Å². The molecule has 0 amide bonds. The molecule has 0 aliphatic carbocycles. The first-order chi connectivity index (χ1) is 10.9. The zero-order valence-electron chi connectivity index (χ0n) is 13.8. The Morgan fingerprint density at radius 2 is 1.96 bits per heavy atom. The van der Waals surface area contributed by atoms with Crippen molar-refractivity contribution < 1.29 is 28.6 Å². The summed E-state index contributed by atoms with van der Waals surface area (Å²) in [5.74, 6) is 5.21. The van der Waals surface area contributed by atoms with Crippen molar-refractivity contribution >= 4 is 7.60 Å². The van der Waals surface area contributed by atoms with E-state index < -0.39 is 19.3 Å². The van der Waals surface area contributed by atoms with Crippen LogP contribution in [-0.2, 0) is 30.3 Å². The highest BCUT2D eigenvalue weighted by Gasteiger charge is 2.42. The van der Waals surface area contributed by atoms with Crippen LogP contribution in [0.2, 0.25) is 0 Å². The molecule has 0 aliphatic heterocycles. The number of rotatable bonds is 11. The van der Waals surface area contributed by atoms with Crippen LogP contribution < -0.4 is 5.90 Å². The van der Waals surface area contributed by atoms with Gasteiger partial charge < -0.3 is 14.5 Å². The van der Waals surface area contributed by atoms with E-state index in [1.54, 1.807) is 0 Å². The van der Waals surface area contributed by atoms with Crippen LogP contribution in [0.25, 0.3) is 0 Å². The Labute approximate surface area is 137 Å². The second kappa shape index (κ2) is 9.49. The van der Waals surface area contributed by atoms with Gasteiger partial charge in [0, 0.05) is 6.66 Å². The van der Waals surface area contributed by atoms with Crippen LogP contribution in [0.5, 0.6) is 0 Å². The predicted molar refractivity (Wildman–Crippen MR) is 86.4 cm³/mol. The number of nitrogens with two attached hydrogens (primary N) is 1. The molecule has 3 unspecified atom stereocenters. The summed E-state index contributed by atoms with van der Waals surface area (Å²) < 4.78 is 22.0. The lowest BCUT2D eigenvalue weighted by Crippen LogP contribution is -2.50. The zero-order chi connectivity index (χ0) is 17.3. The van der Waals surface area contributed by atoms with E-state index >= 15 is 0 Å². The largest absolute Gasteiger partial charge is 0.370 e. The minimum absolute atomic E-state index is 0.0310. The van der Waals surface area contributed by atoms with E-state index in [1.807, 2.05) is 44.2 Å². The Balaban J connectivity index is 2.84. The van der Waals surface area contributed by atoms with E-state index in [1.165, 1.54) is 0 Å². The first kappa shape index (κ1) is 20.3. The Hall–Kier alpha value is -0.790. The molecule has 0 saturated heterocycles. The van der Waals surface area contributed by atoms with Crippen molar-refractivity contribution in [2.24, 2.45) is 5.90 Å². The normalized spacial score (nSPS) is 18.1. The quantitative estimate of drug-likeness (QED) is 0.361. The molecular weight excluding hydrogens is 321 g/mol. The van der Waals surface area contributed by atoms with Crippen molar-refractivity contribution in [2.45, 2.75) is 45.0 Å². The second-order valence-corrected chi connectivity index (χ2v) is 7.14. The first-order valence-corrected chi connectivity index (χ1v) is 9.54. The molecule has 132 valence electrons. The third-order valence-corrected chi connectivity index (χ3v) is 3.87. The fraction of sp³-hybridized carbons (Fsp3) is 0.600. The molecule has 3 N–H and O–H groups in total. The molecule has 8 heteroatoms. The highest BCUT2D eigenvalue weighted by molar-refractivity contribution is 7.51. The lowest BCUT2D eigenvalue weighted by Gasteiger charge is -2.37. The molecule has 0 saturated carbocycles. The van der Waals surface area contributed by atoms with Crippen LogP contribution in [0.15, 0.2) is 30.3 Å². The molecule has 3 atom stereocenters. The molecule has 0 heterocycles. The van der Waals surface area contributed by atoms with Crippen LogP contribution in [0.3, 0.4) is 0 Å². The van der Waals surface area contributed by atoms with Gasteiger partial charge >= 0.3 is 7.60 Å². The van der Waals surface area contributed by atoms with Crippen molar-refractivity contribution in [3.05, 3.63) is 35.9 Å². The van der Waals surface area contributed by atoms with Crippen molar-refractivity contribution in [2.75, 3.05) is 13.3 Å². The SMILES string of the molecule is CCC(OCc1ccccc1)C(CC)(CON)OOP(C)(=O)O. The van der Waals surface area contributed by atoms with Gasteiger partial charge in [0.2, 0.25) is 0 Å². The van der Waals surface area contributed by atoms with Crippen molar-refractivity contribution in [1.82, 2.24) is 0 Å². The minimum Gasteiger partial charge on any atom is -0.370 e. The molecule has 0 aliphatic rings. The van der Waals surface area contributed by atoms with Gasteiger partial charge in [-0.25, -0.2) is 10.8 Å². The lowest BCUT2D eigenvalue weighted by atomic mass is 9.92. The number of hydrogen-bond donors (Lipinski definition) is 2. The van der Waals surface area contributed by atoms with Crippen LogP contribution in [-0.4, -0.2) is 29.9 Å². The maximum atomic E-state index is 11.4. The van der Waals surface area contributed by atoms with E-state index in [-0.39, 0.29) is 6.61 Å². The highest BCUT2D eigenvalue weighted by Crippen LogP contribution is 2.40. The van der Waals surface area contributed by atoms with Gasteiger partial charge in [0.15, 0.2) is 5.60 Å². The van der Waals surface area contributed by atoms with E-state index in [9.17, 15) is 9.46 Å². The molecule has 7 nitrogen and oxygen atoms in total. The molecule has 0 spiro atoms. The third-order valence-electron chi connectivity index (χ3n) is 3.52. The number of hydrogen-bond acceptors (Lipinski definition) is 6. The molecule has 0 fully saturated rings. The fourth-order valence-corrected chi connectivity index (χ4v) is 2.54. The predicted octanol–water partition coefficient (Wildman–Crippen LogP) is 2.78. The van der Waals surface area contributed by atoms with E-state index in [0.717, 1.165) is 12.2 Å². The van der Waals surface area contributed by atoms with Crippen molar-refractivity contribution in [3.63, 3.8) is 0 Å². The Morgan fingerprint density at radius 1 is 1.30 bits per heavy atom. The molecule has 0 radical (unpaired) electrons. The maximum Gasteiger partial charge on any atom is 0.352 e. The molecule has 1 rings (SSSR count). The van der Waals surface area contributed by atoms with Gasteiger partial charge in [0.1, 0.15) is 6.61 Å². The maximum absolute atomic E-state index is 11.4. The van der Waals surface area contributed by atoms with E-state index in [2.05, 4.69) is 4.67 Å².